The lowest BCUT2D eigenvalue weighted by Crippen LogP contribution is -2.24. The van der Waals surface area contributed by atoms with Gasteiger partial charge in [-0.05, 0) is 36.1 Å². The summed E-state index contributed by atoms with van der Waals surface area (Å²) in [7, 11) is 1.43. The van der Waals surface area contributed by atoms with E-state index in [2.05, 4.69) is 52.0 Å². The first-order chi connectivity index (χ1) is 14.2. The quantitative estimate of drug-likeness (QED) is 0.484. The van der Waals surface area contributed by atoms with Crippen LogP contribution >= 0.6 is 0 Å². The van der Waals surface area contributed by atoms with Gasteiger partial charge >= 0.3 is 5.97 Å². The minimum Gasteiger partial charge on any atom is -0.479 e. The van der Waals surface area contributed by atoms with Crippen molar-refractivity contribution in [2.24, 2.45) is 0 Å². The van der Waals surface area contributed by atoms with Crippen LogP contribution in [0.5, 0.6) is 0 Å². The summed E-state index contributed by atoms with van der Waals surface area (Å²) in [5.74, 6) is -0.933. The molecule has 0 amide bonds. The number of benzene rings is 2. The molecule has 0 aliphatic heterocycles. The fraction of sp³-hybridized carbons (Fsp3) is 0.250. The monoisotopic (exact) mass is 388 g/mol. The van der Waals surface area contributed by atoms with Crippen molar-refractivity contribution in [3.05, 3.63) is 78.1 Å². The maximum atomic E-state index is 11.1. The van der Waals surface area contributed by atoms with Crippen molar-refractivity contribution in [2.45, 2.75) is 31.9 Å². The molecular weight excluding hydrogens is 364 g/mol. The Morgan fingerprint density at radius 1 is 1.03 bits per heavy atom. The number of hydrogen-bond acceptors (Lipinski definition) is 3. The van der Waals surface area contributed by atoms with Crippen LogP contribution in [0.2, 0.25) is 0 Å². The molecule has 0 fully saturated rings. The smallest absolute Gasteiger partial charge is 0.333 e. The zero-order valence-electron chi connectivity index (χ0n) is 16.4. The molecule has 1 atom stereocenters. The van der Waals surface area contributed by atoms with Gasteiger partial charge in [0.1, 0.15) is 0 Å². The fourth-order valence-electron chi connectivity index (χ4n) is 3.91. The topological polar surface area (TPSA) is 64.4 Å². The second-order valence-corrected chi connectivity index (χ2v) is 7.25. The molecule has 29 heavy (non-hydrogen) atoms. The molecule has 0 saturated carbocycles. The Morgan fingerprint density at radius 3 is 2.52 bits per heavy atom. The van der Waals surface area contributed by atoms with E-state index in [4.69, 9.17) is 9.84 Å². The second-order valence-electron chi connectivity index (χ2n) is 7.25. The summed E-state index contributed by atoms with van der Waals surface area (Å²) < 4.78 is 7.36. The summed E-state index contributed by atoms with van der Waals surface area (Å²) in [6.45, 7) is 0.919. The Bertz CT molecular complexity index is 1080. The number of aromatic nitrogens is 2. The third-order valence-electron chi connectivity index (χ3n) is 5.43. The Labute approximate surface area is 169 Å². The van der Waals surface area contributed by atoms with Gasteiger partial charge in [-0.15, -0.1) is 0 Å². The van der Waals surface area contributed by atoms with E-state index in [1.54, 1.807) is 0 Å². The number of aliphatic carboxylic acids is 1. The molecule has 0 bridgehead atoms. The van der Waals surface area contributed by atoms with Crippen LogP contribution in [0.1, 0.15) is 17.5 Å². The van der Waals surface area contributed by atoms with E-state index in [0.717, 1.165) is 24.9 Å². The summed E-state index contributed by atoms with van der Waals surface area (Å²) in [5, 5.41) is 11.6. The number of rotatable bonds is 8. The first-order valence-corrected chi connectivity index (χ1v) is 9.81. The van der Waals surface area contributed by atoms with Gasteiger partial charge in [-0.25, -0.2) is 4.79 Å². The lowest BCUT2D eigenvalue weighted by atomic mass is 10.0. The van der Waals surface area contributed by atoms with Crippen molar-refractivity contribution in [1.82, 2.24) is 9.55 Å². The standard InChI is InChI=1S/C24H24N2O3/c1-29-23(24(27)28)15-18-10-8-17(9-11-18)5-4-14-26-21-7-3-2-6-19(21)20-12-13-25-16-22(20)26/h2-3,6-13,16,23H,4-5,14-15H2,1H3,(H,27,28)/t23-/m0/s1. The van der Waals surface area contributed by atoms with Gasteiger partial charge in [0.25, 0.3) is 0 Å². The highest BCUT2D eigenvalue weighted by atomic mass is 16.5. The van der Waals surface area contributed by atoms with Crippen LogP contribution in [0.4, 0.5) is 0 Å². The molecule has 0 saturated heterocycles. The van der Waals surface area contributed by atoms with Crippen LogP contribution in [0.15, 0.2) is 67.0 Å². The summed E-state index contributed by atoms with van der Waals surface area (Å²) >= 11 is 0. The van der Waals surface area contributed by atoms with E-state index >= 15 is 0 Å². The Hall–Kier alpha value is -3.18. The van der Waals surface area contributed by atoms with Crippen molar-refractivity contribution >= 4 is 27.8 Å². The number of aryl methyl sites for hydroxylation is 2. The zero-order chi connectivity index (χ0) is 20.2. The van der Waals surface area contributed by atoms with Crippen molar-refractivity contribution in [2.75, 3.05) is 7.11 Å². The number of nitrogens with zero attached hydrogens (tertiary/aromatic N) is 2. The molecule has 1 N–H and O–H groups in total. The summed E-state index contributed by atoms with van der Waals surface area (Å²) in [4.78, 5) is 15.4. The van der Waals surface area contributed by atoms with Gasteiger partial charge in [0.05, 0.1) is 11.7 Å². The van der Waals surface area contributed by atoms with Crippen LogP contribution in [0, 0.1) is 0 Å². The third kappa shape index (κ3) is 4.00. The summed E-state index contributed by atoms with van der Waals surface area (Å²) in [6.07, 6.45) is 5.34. The highest BCUT2D eigenvalue weighted by Crippen LogP contribution is 2.28. The Morgan fingerprint density at radius 2 is 1.76 bits per heavy atom. The molecule has 0 aliphatic carbocycles. The van der Waals surface area contributed by atoms with Crippen LogP contribution in [0.3, 0.4) is 0 Å². The molecule has 2 aromatic carbocycles. The molecule has 2 aromatic heterocycles. The number of para-hydroxylation sites is 1. The molecule has 4 aromatic rings. The van der Waals surface area contributed by atoms with E-state index in [-0.39, 0.29) is 0 Å². The van der Waals surface area contributed by atoms with E-state index in [1.165, 1.54) is 34.5 Å². The lowest BCUT2D eigenvalue weighted by Gasteiger charge is -2.11. The van der Waals surface area contributed by atoms with Crippen LogP contribution in [0.25, 0.3) is 21.8 Å². The van der Waals surface area contributed by atoms with Gasteiger partial charge < -0.3 is 14.4 Å². The number of ether oxygens (including phenoxy) is 1. The Balaban J connectivity index is 1.45. The highest BCUT2D eigenvalue weighted by molar-refractivity contribution is 6.07. The average molecular weight is 388 g/mol. The van der Waals surface area contributed by atoms with E-state index in [1.807, 2.05) is 24.5 Å². The van der Waals surface area contributed by atoms with Gasteiger partial charge in [0.15, 0.2) is 6.10 Å². The van der Waals surface area contributed by atoms with E-state index in [9.17, 15) is 4.79 Å². The molecule has 0 unspecified atom stereocenters. The van der Waals surface area contributed by atoms with E-state index in [0.29, 0.717) is 6.42 Å². The molecule has 148 valence electrons. The molecule has 2 heterocycles. The van der Waals surface area contributed by atoms with Crippen LogP contribution in [-0.2, 0) is 28.9 Å². The molecular formula is C24H24N2O3. The maximum Gasteiger partial charge on any atom is 0.333 e. The van der Waals surface area contributed by atoms with Gasteiger partial charge in [-0.1, -0.05) is 42.5 Å². The molecule has 5 heteroatoms. The van der Waals surface area contributed by atoms with E-state index < -0.39 is 12.1 Å². The SMILES string of the molecule is CO[C@@H](Cc1ccc(CCCn2c3ccccc3c3ccncc32)cc1)C(=O)O. The Kier molecular flexibility index (Phi) is 5.58. The molecule has 4 rings (SSSR count). The number of fused-ring (bicyclic) bond motifs is 3. The fourth-order valence-corrected chi connectivity index (χ4v) is 3.91. The third-order valence-corrected chi connectivity index (χ3v) is 5.43. The molecule has 0 aliphatic rings. The number of carboxylic acids is 1. The van der Waals surface area contributed by atoms with Crippen molar-refractivity contribution in [1.29, 1.82) is 0 Å². The second kappa shape index (κ2) is 8.45. The first kappa shape index (κ1) is 19.2. The highest BCUT2D eigenvalue weighted by Gasteiger charge is 2.16. The largest absolute Gasteiger partial charge is 0.479 e. The number of pyridine rings is 1. The summed E-state index contributed by atoms with van der Waals surface area (Å²) in [6, 6.07) is 18.7. The first-order valence-electron chi connectivity index (χ1n) is 9.81. The van der Waals surface area contributed by atoms with Crippen LogP contribution < -0.4 is 0 Å². The van der Waals surface area contributed by atoms with Gasteiger partial charge in [-0.3, -0.25) is 4.98 Å². The van der Waals surface area contributed by atoms with Gasteiger partial charge in [-0.2, -0.15) is 0 Å². The predicted octanol–water partition coefficient (Wildman–Crippen LogP) is 4.46. The lowest BCUT2D eigenvalue weighted by molar-refractivity contribution is -0.148. The molecule has 0 radical (unpaired) electrons. The van der Waals surface area contributed by atoms with Gasteiger partial charge in [0, 0.05) is 42.6 Å². The maximum absolute atomic E-state index is 11.1. The minimum absolute atomic E-state index is 0.375. The number of carbonyl (C=O) groups is 1. The normalized spacial score (nSPS) is 12.4. The zero-order valence-corrected chi connectivity index (χ0v) is 16.4. The number of methoxy groups -OCH3 is 1. The predicted molar refractivity (Wildman–Crippen MR) is 114 cm³/mol. The van der Waals surface area contributed by atoms with Crippen molar-refractivity contribution in [3.63, 3.8) is 0 Å². The van der Waals surface area contributed by atoms with Gasteiger partial charge in [0.2, 0.25) is 0 Å². The average Bonchev–Trinajstić information content (AvgIpc) is 3.07. The number of carboxylic acid groups (broad SMARTS) is 1. The van der Waals surface area contributed by atoms with Crippen molar-refractivity contribution < 1.29 is 14.6 Å². The molecule has 0 spiro atoms. The molecule has 5 nitrogen and oxygen atoms in total. The number of hydrogen-bond donors (Lipinski definition) is 1. The van der Waals surface area contributed by atoms with Crippen molar-refractivity contribution in [3.8, 4) is 0 Å². The van der Waals surface area contributed by atoms with Crippen LogP contribution in [-0.4, -0.2) is 33.8 Å². The minimum atomic E-state index is -0.933. The summed E-state index contributed by atoms with van der Waals surface area (Å²) in [5.41, 5.74) is 4.63.